The fourth-order valence-corrected chi connectivity index (χ4v) is 4.54. The van der Waals surface area contributed by atoms with Crippen molar-refractivity contribution < 1.29 is 13.2 Å². The first kappa shape index (κ1) is 18.4. The molecule has 1 fully saturated rings. The highest BCUT2D eigenvalue weighted by Gasteiger charge is 2.25. The molecule has 26 heavy (non-hydrogen) atoms. The van der Waals surface area contributed by atoms with Crippen LogP contribution in [0.15, 0.2) is 47.4 Å². The number of hydrogen-bond acceptors (Lipinski definition) is 4. The van der Waals surface area contributed by atoms with Gasteiger partial charge in [-0.1, -0.05) is 12.5 Å². The number of sulfonamides is 1. The number of nitrogen functional groups attached to an aromatic ring is 1. The molecule has 138 valence electrons. The molecule has 3 rings (SSSR count). The third kappa shape index (κ3) is 3.89. The van der Waals surface area contributed by atoms with E-state index < -0.39 is 10.0 Å². The number of piperidine rings is 1. The number of amides is 1. The van der Waals surface area contributed by atoms with E-state index in [0.29, 0.717) is 30.0 Å². The van der Waals surface area contributed by atoms with Gasteiger partial charge in [0.15, 0.2) is 0 Å². The molecule has 0 unspecified atom stereocenters. The van der Waals surface area contributed by atoms with E-state index in [1.807, 2.05) is 13.0 Å². The largest absolute Gasteiger partial charge is 0.397 e. The lowest BCUT2D eigenvalue weighted by atomic mass is 10.1. The van der Waals surface area contributed by atoms with Crippen LogP contribution in [-0.2, 0) is 10.0 Å². The Morgan fingerprint density at radius 2 is 1.69 bits per heavy atom. The lowest BCUT2D eigenvalue weighted by Crippen LogP contribution is -2.35. The van der Waals surface area contributed by atoms with Gasteiger partial charge >= 0.3 is 0 Å². The lowest BCUT2D eigenvalue weighted by molar-refractivity contribution is 0.102. The van der Waals surface area contributed by atoms with Crippen molar-refractivity contribution in [3.63, 3.8) is 0 Å². The zero-order chi connectivity index (χ0) is 18.7. The SMILES string of the molecule is Cc1ccc(NC(=O)c2ccc(S(=O)(=O)N3CCCCC3)cc2)c(N)c1. The van der Waals surface area contributed by atoms with Gasteiger partial charge in [-0.05, 0) is 61.7 Å². The Kier molecular flexibility index (Phi) is 5.29. The van der Waals surface area contributed by atoms with Gasteiger partial charge in [0.25, 0.3) is 5.91 Å². The molecule has 0 aromatic heterocycles. The Labute approximate surface area is 154 Å². The van der Waals surface area contributed by atoms with Crippen molar-refractivity contribution in [3.8, 4) is 0 Å². The number of carbonyl (C=O) groups is 1. The number of carbonyl (C=O) groups excluding carboxylic acids is 1. The molecule has 0 saturated carbocycles. The van der Waals surface area contributed by atoms with E-state index in [1.54, 1.807) is 12.1 Å². The van der Waals surface area contributed by atoms with Gasteiger partial charge in [0, 0.05) is 18.7 Å². The van der Waals surface area contributed by atoms with E-state index in [0.717, 1.165) is 24.8 Å². The summed E-state index contributed by atoms with van der Waals surface area (Å²) in [6.45, 7) is 3.03. The van der Waals surface area contributed by atoms with Crippen molar-refractivity contribution >= 4 is 27.3 Å². The molecule has 0 atom stereocenters. The molecule has 6 nitrogen and oxygen atoms in total. The van der Waals surface area contributed by atoms with Gasteiger partial charge in [-0.3, -0.25) is 4.79 Å². The second kappa shape index (κ2) is 7.47. The van der Waals surface area contributed by atoms with Crippen molar-refractivity contribution in [2.45, 2.75) is 31.1 Å². The molecule has 1 amide bonds. The molecule has 0 aliphatic carbocycles. The number of nitrogens with one attached hydrogen (secondary N) is 1. The summed E-state index contributed by atoms with van der Waals surface area (Å²) in [7, 11) is -3.49. The number of hydrogen-bond donors (Lipinski definition) is 2. The maximum atomic E-state index is 12.6. The summed E-state index contributed by atoms with van der Waals surface area (Å²) >= 11 is 0. The number of aryl methyl sites for hydroxylation is 1. The van der Waals surface area contributed by atoms with Crippen LogP contribution >= 0.6 is 0 Å². The number of nitrogens with two attached hydrogens (primary N) is 1. The van der Waals surface area contributed by atoms with Crippen molar-refractivity contribution in [2.24, 2.45) is 0 Å². The van der Waals surface area contributed by atoms with E-state index in [2.05, 4.69) is 5.32 Å². The maximum absolute atomic E-state index is 12.6. The molecular formula is C19H23N3O3S. The Morgan fingerprint density at radius 3 is 2.31 bits per heavy atom. The molecule has 2 aromatic rings. The number of benzene rings is 2. The Bertz CT molecular complexity index is 902. The first-order chi connectivity index (χ1) is 12.4. The van der Waals surface area contributed by atoms with Gasteiger partial charge in [0.1, 0.15) is 0 Å². The summed E-state index contributed by atoms with van der Waals surface area (Å²) < 4.78 is 26.8. The average Bonchev–Trinajstić information content (AvgIpc) is 2.65. The molecule has 2 aromatic carbocycles. The zero-order valence-electron chi connectivity index (χ0n) is 14.7. The highest BCUT2D eigenvalue weighted by Crippen LogP contribution is 2.23. The third-order valence-electron chi connectivity index (χ3n) is 4.52. The topological polar surface area (TPSA) is 92.5 Å². The summed E-state index contributed by atoms with van der Waals surface area (Å²) in [5.74, 6) is -0.331. The van der Waals surface area contributed by atoms with Crippen LogP contribution in [-0.4, -0.2) is 31.7 Å². The number of rotatable bonds is 4. The van der Waals surface area contributed by atoms with Gasteiger partial charge in [-0.25, -0.2) is 8.42 Å². The molecule has 1 heterocycles. The molecule has 1 aliphatic heterocycles. The smallest absolute Gasteiger partial charge is 0.255 e. The minimum atomic E-state index is -3.49. The Morgan fingerprint density at radius 1 is 1.04 bits per heavy atom. The zero-order valence-corrected chi connectivity index (χ0v) is 15.6. The van der Waals surface area contributed by atoms with Crippen LogP contribution in [0.5, 0.6) is 0 Å². The highest BCUT2D eigenvalue weighted by atomic mass is 32.2. The fourth-order valence-electron chi connectivity index (χ4n) is 3.02. The molecule has 0 radical (unpaired) electrons. The minimum absolute atomic E-state index is 0.214. The van der Waals surface area contributed by atoms with Gasteiger partial charge in [0.05, 0.1) is 16.3 Å². The third-order valence-corrected chi connectivity index (χ3v) is 6.44. The van der Waals surface area contributed by atoms with Crippen molar-refractivity contribution in [1.82, 2.24) is 4.31 Å². The Hall–Kier alpha value is -2.38. The van der Waals surface area contributed by atoms with Gasteiger partial charge in [-0.2, -0.15) is 4.31 Å². The van der Waals surface area contributed by atoms with Crippen LogP contribution < -0.4 is 11.1 Å². The number of nitrogens with zero attached hydrogens (tertiary/aromatic N) is 1. The second-order valence-electron chi connectivity index (χ2n) is 6.53. The molecule has 1 aliphatic rings. The highest BCUT2D eigenvalue weighted by molar-refractivity contribution is 7.89. The van der Waals surface area contributed by atoms with Crippen LogP contribution in [0, 0.1) is 6.92 Å². The van der Waals surface area contributed by atoms with Gasteiger partial charge in [-0.15, -0.1) is 0 Å². The second-order valence-corrected chi connectivity index (χ2v) is 8.47. The van der Waals surface area contributed by atoms with Crippen LogP contribution in [0.25, 0.3) is 0 Å². The number of anilines is 2. The van der Waals surface area contributed by atoms with E-state index in [1.165, 1.54) is 28.6 Å². The van der Waals surface area contributed by atoms with Gasteiger partial charge < -0.3 is 11.1 Å². The molecule has 0 bridgehead atoms. The van der Waals surface area contributed by atoms with Crippen LogP contribution in [0.3, 0.4) is 0 Å². The van der Waals surface area contributed by atoms with Crippen LogP contribution in [0.1, 0.15) is 35.2 Å². The van der Waals surface area contributed by atoms with E-state index in [-0.39, 0.29) is 10.8 Å². The summed E-state index contributed by atoms with van der Waals surface area (Å²) in [5.41, 5.74) is 8.32. The summed E-state index contributed by atoms with van der Waals surface area (Å²) in [4.78, 5) is 12.6. The molecule has 1 saturated heterocycles. The first-order valence-corrected chi connectivity index (χ1v) is 10.1. The predicted molar refractivity (Wildman–Crippen MR) is 103 cm³/mol. The Balaban J connectivity index is 1.75. The van der Waals surface area contributed by atoms with E-state index >= 15 is 0 Å². The van der Waals surface area contributed by atoms with Crippen molar-refractivity contribution in [2.75, 3.05) is 24.1 Å². The summed E-state index contributed by atoms with van der Waals surface area (Å²) in [6, 6.07) is 11.4. The summed E-state index contributed by atoms with van der Waals surface area (Å²) in [5, 5.41) is 2.75. The summed E-state index contributed by atoms with van der Waals surface area (Å²) in [6.07, 6.45) is 2.84. The quantitative estimate of drug-likeness (QED) is 0.806. The lowest BCUT2D eigenvalue weighted by Gasteiger charge is -2.25. The van der Waals surface area contributed by atoms with Crippen LogP contribution in [0.2, 0.25) is 0 Å². The normalized spacial score (nSPS) is 15.6. The first-order valence-electron chi connectivity index (χ1n) is 8.65. The minimum Gasteiger partial charge on any atom is -0.397 e. The monoisotopic (exact) mass is 373 g/mol. The molecule has 0 spiro atoms. The standard InChI is InChI=1S/C19H23N3O3S/c1-14-5-10-18(17(20)13-14)21-19(23)15-6-8-16(9-7-15)26(24,25)22-11-3-2-4-12-22/h5-10,13H,2-4,11-12,20H2,1H3,(H,21,23). The predicted octanol–water partition coefficient (Wildman–Crippen LogP) is 3.00. The van der Waals surface area contributed by atoms with E-state index in [4.69, 9.17) is 5.73 Å². The molecule has 3 N–H and O–H groups in total. The van der Waals surface area contributed by atoms with Crippen molar-refractivity contribution in [3.05, 3.63) is 53.6 Å². The average molecular weight is 373 g/mol. The van der Waals surface area contributed by atoms with E-state index in [9.17, 15) is 13.2 Å². The molecular weight excluding hydrogens is 350 g/mol. The van der Waals surface area contributed by atoms with Crippen LogP contribution in [0.4, 0.5) is 11.4 Å². The fraction of sp³-hybridized carbons (Fsp3) is 0.316. The van der Waals surface area contributed by atoms with Gasteiger partial charge in [0.2, 0.25) is 10.0 Å². The maximum Gasteiger partial charge on any atom is 0.255 e. The molecule has 7 heteroatoms. The van der Waals surface area contributed by atoms with Crippen molar-refractivity contribution in [1.29, 1.82) is 0 Å².